The van der Waals surface area contributed by atoms with E-state index in [9.17, 15) is 19.8 Å². The first-order chi connectivity index (χ1) is 32.5. The molecule has 0 fully saturated rings. The topological polar surface area (TPSA) is 95.9 Å². The van der Waals surface area contributed by atoms with Gasteiger partial charge in [-0.3, -0.25) is 9.59 Å². The number of allylic oxidation sites excluding steroid dienone is 3. The molecular formula is C60H115NO5. The van der Waals surface area contributed by atoms with E-state index in [0.29, 0.717) is 19.4 Å². The zero-order chi connectivity index (χ0) is 47.9. The van der Waals surface area contributed by atoms with Gasteiger partial charge in [0.15, 0.2) is 0 Å². The number of unbranched alkanes of at least 4 members (excludes halogenated alkanes) is 42. The highest BCUT2D eigenvalue weighted by Gasteiger charge is 2.18. The maximum absolute atomic E-state index is 12.4. The summed E-state index contributed by atoms with van der Waals surface area (Å²) in [6.07, 6.45) is 67.9. The Morgan fingerprint density at radius 1 is 0.409 bits per heavy atom. The number of nitrogens with one attached hydrogen (secondary N) is 1. The summed E-state index contributed by atoms with van der Waals surface area (Å²) < 4.78 is 5.49. The molecule has 0 aliphatic heterocycles. The van der Waals surface area contributed by atoms with Gasteiger partial charge in [-0.05, 0) is 57.8 Å². The van der Waals surface area contributed by atoms with Crippen LogP contribution in [0.3, 0.4) is 0 Å². The second-order valence-electron chi connectivity index (χ2n) is 20.3. The van der Waals surface area contributed by atoms with Crippen LogP contribution in [0.15, 0.2) is 24.3 Å². The molecule has 0 saturated carbocycles. The molecule has 6 nitrogen and oxygen atoms in total. The number of aliphatic hydroxyl groups excluding tert-OH is 2. The lowest BCUT2D eigenvalue weighted by Gasteiger charge is -2.20. The fourth-order valence-electron chi connectivity index (χ4n) is 9.16. The molecule has 0 radical (unpaired) electrons. The Morgan fingerprint density at radius 3 is 1.08 bits per heavy atom. The van der Waals surface area contributed by atoms with Crippen LogP contribution < -0.4 is 5.32 Å². The molecular weight excluding hydrogens is 815 g/mol. The van der Waals surface area contributed by atoms with Crippen LogP contribution in [0.2, 0.25) is 0 Å². The largest absolute Gasteiger partial charge is 0.466 e. The predicted molar refractivity (Wildman–Crippen MR) is 287 cm³/mol. The zero-order valence-corrected chi connectivity index (χ0v) is 44.4. The molecule has 0 bridgehead atoms. The molecule has 1 amide bonds. The lowest BCUT2D eigenvalue weighted by atomic mass is 10.0. The van der Waals surface area contributed by atoms with Gasteiger partial charge in [0.2, 0.25) is 5.91 Å². The summed E-state index contributed by atoms with van der Waals surface area (Å²) in [5.74, 6) is -0.0606. The maximum Gasteiger partial charge on any atom is 0.305 e. The Bertz CT molecular complexity index is 1030. The monoisotopic (exact) mass is 930 g/mol. The Hall–Kier alpha value is -1.66. The lowest BCUT2D eigenvalue weighted by Crippen LogP contribution is -2.45. The standard InChI is InChI=1S/C60H115NO5/c1-3-5-7-9-11-13-14-15-16-17-25-28-31-34-38-42-46-50-54-60(65)66-55-51-47-43-39-35-32-29-26-23-21-19-18-20-22-24-27-30-33-37-41-45-49-53-59(64)61-57(56-62)58(63)52-48-44-40-36-12-10-8-6-4-2/h16-17,48,52,57-58,62-63H,3-15,18-47,49-51,53-56H2,1-2H3,(H,61,64)/b17-16-,52-48+. The first-order valence-electron chi connectivity index (χ1n) is 29.6. The summed E-state index contributed by atoms with van der Waals surface area (Å²) in [6.45, 7) is 4.88. The van der Waals surface area contributed by atoms with Gasteiger partial charge in [-0.15, -0.1) is 0 Å². The summed E-state index contributed by atoms with van der Waals surface area (Å²) in [7, 11) is 0. The van der Waals surface area contributed by atoms with Gasteiger partial charge in [-0.25, -0.2) is 0 Å². The number of rotatable bonds is 55. The Labute approximate surface area is 411 Å². The lowest BCUT2D eigenvalue weighted by molar-refractivity contribution is -0.143. The number of esters is 1. The van der Waals surface area contributed by atoms with Gasteiger partial charge in [0.05, 0.1) is 25.4 Å². The molecule has 0 spiro atoms. The van der Waals surface area contributed by atoms with Gasteiger partial charge in [-0.1, -0.05) is 276 Å². The van der Waals surface area contributed by atoms with Crippen molar-refractivity contribution in [1.82, 2.24) is 5.32 Å². The Kier molecular flexibility index (Phi) is 54.5. The first kappa shape index (κ1) is 64.3. The molecule has 0 aromatic rings. The highest BCUT2D eigenvalue weighted by atomic mass is 16.5. The van der Waals surface area contributed by atoms with Crippen molar-refractivity contribution in [2.45, 2.75) is 334 Å². The van der Waals surface area contributed by atoms with E-state index in [1.165, 1.54) is 250 Å². The van der Waals surface area contributed by atoms with E-state index in [0.717, 1.165) is 44.9 Å². The number of hydrogen-bond acceptors (Lipinski definition) is 5. The summed E-state index contributed by atoms with van der Waals surface area (Å²) in [5, 5.41) is 22.9. The van der Waals surface area contributed by atoms with Crippen molar-refractivity contribution in [2.24, 2.45) is 0 Å². The smallest absolute Gasteiger partial charge is 0.305 e. The van der Waals surface area contributed by atoms with Gasteiger partial charge < -0.3 is 20.3 Å². The van der Waals surface area contributed by atoms with Crippen molar-refractivity contribution in [3.8, 4) is 0 Å². The van der Waals surface area contributed by atoms with Crippen LogP contribution in [0.5, 0.6) is 0 Å². The minimum absolute atomic E-state index is 0.00974. The van der Waals surface area contributed by atoms with Crippen molar-refractivity contribution in [2.75, 3.05) is 13.2 Å². The second-order valence-corrected chi connectivity index (χ2v) is 20.3. The molecule has 66 heavy (non-hydrogen) atoms. The first-order valence-corrected chi connectivity index (χ1v) is 29.6. The minimum atomic E-state index is -0.842. The molecule has 2 atom stereocenters. The summed E-state index contributed by atoms with van der Waals surface area (Å²) in [6, 6.07) is -0.625. The van der Waals surface area contributed by atoms with Crippen molar-refractivity contribution in [3.05, 3.63) is 24.3 Å². The van der Waals surface area contributed by atoms with Crippen molar-refractivity contribution < 1.29 is 24.5 Å². The fourth-order valence-corrected chi connectivity index (χ4v) is 9.16. The quantitative estimate of drug-likeness (QED) is 0.0321. The Morgan fingerprint density at radius 2 is 0.712 bits per heavy atom. The van der Waals surface area contributed by atoms with Crippen LogP contribution in [0.25, 0.3) is 0 Å². The van der Waals surface area contributed by atoms with Crippen LogP contribution in [0.1, 0.15) is 322 Å². The number of carbonyl (C=O) groups excluding carboxylic acids is 2. The van der Waals surface area contributed by atoms with Gasteiger partial charge in [0, 0.05) is 12.8 Å². The minimum Gasteiger partial charge on any atom is -0.466 e. The number of carbonyl (C=O) groups is 2. The fraction of sp³-hybridized carbons (Fsp3) is 0.900. The highest BCUT2D eigenvalue weighted by molar-refractivity contribution is 5.76. The molecule has 0 aliphatic rings. The third-order valence-corrected chi connectivity index (χ3v) is 13.7. The second kappa shape index (κ2) is 55.9. The normalized spacial score (nSPS) is 12.7. The molecule has 6 heteroatoms. The molecule has 0 aromatic heterocycles. The van der Waals surface area contributed by atoms with Crippen LogP contribution >= 0.6 is 0 Å². The van der Waals surface area contributed by atoms with E-state index < -0.39 is 12.1 Å². The molecule has 0 heterocycles. The van der Waals surface area contributed by atoms with Gasteiger partial charge in [0.1, 0.15) is 0 Å². The average Bonchev–Trinajstić information content (AvgIpc) is 3.32. The SMILES string of the molecule is CCCCCCCCC/C=C\CCCCCCCCCC(=O)OCCCCCCCCCCCCCCCCCCCCCCCCC(=O)NC(CO)C(O)/C=C/CCCCCCCCC. The summed E-state index contributed by atoms with van der Waals surface area (Å²) in [5.41, 5.74) is 0. The van der Waals surface area contributed by atoms with Crippen molar-refractivity contribution in [3.63, 3.8) is 0 Å². The van der Waals surface area contributed by atoms with Crippen molar-refractivity contribution >= 4 is 11.9 Å². The average molecular weight is 931 g/mol. The number of hydrogen-bond donors (Lipinski definition) is 3. The summed E-state index contributed by atoms with van der Waals surface area (Å²) >= 11 is 0. The Balaban J connectivity index is 3.35. The molecule has 0 saturated heterocycles. The van der Waals surface area contributed by atoms with Crippen LogP contribution in [-0.2, 0) is 14.3 Å². The van der Waals surface area contributed by atoms with E-state index in [4.69, 9.17) is 4.74 Å². The van der Waals surface area contributed by atoms with Gasteiger partial charge in [0.25, 0.3) is 0 Å². The predicted octanol–water partition coefficient (Wildman–Crippen LogP) is 18.2. The van der Waals surface area contributed by atoms with Crippen LogP contribution in [-0.4, -0.2) is 47.4 Å². The van der Waals surface area contributed by atoms with Gasteiger partial charge >= 0.3 is 5.97 Å². The number of ether oxygens (including phenoxy) is 1. The van der Waals surface area contributed by atoms with E-state index in [1.807, 2.05) is 6.08 Å². The molecule has 390 valence electrons. The molecule has 2 unspecified atom stereocenters. The van der Waals surface area contributed by atoms with Crippen molar-refractivity contribution in [1.29, 1.82) is 0 Å². The maximum atomic E-state index is 12.4. The van der Waals surface area contributed by atoms with Crippen LogP contribution in [0, 0.1) is 0 Å². The van der Waals surface area contributed by atoms with E-state index in [1.54, 1.807) is 6.08 Å². The molecule has 0 aliphatic carbocycles. The molecule has 0 aromatic carbocycles. The number of aliphatic hydroxyl groups is 2. The van der Waals surface area contributed by atoms with Gasteiger partial charge in [-0.2, -0.15) is 0 Å². The van der Waals surface area contributed by atoms with E-state index in [2.05, 4.69) is 31.3 Å². The third-order valence-electron chi connectivity index (χ3n) is 13.7. The highest BCUT2D eigenvalue weighted by Crippen LogP contribution is 2.17. The molecule has 0 rings (SSSR count). The molecule has 3 N–H and O–H groups in total. The van der Waals surface area contributed by atoms with E-state index >= 15 is 0 Å². The zero-order valence-electron chi connectivity index (χ0n) is 44.4. The number of amides is 1. The third kappa shape index (κ3) is 51.7. The van der Waals surface area contributed by atoms with Crippen LogP contribution in [0.4, 0.5) is 0 Å². The summed E-state index contributed by atoms with van der Waals surface area (Å²) in [4.78, 5) is 24.5. The van der Waals surface area contributed by atoms with E-state index in [-0.39, 0.29) is 18.5 Å².